The molecule has 2 atom stereocenters. The van der Waals surface area contributed by atoms with Gasteiger partial charge in [0, 0.05) is 12.0 Å². The Kier molecular flexibility index (Phi) is 8.49. The lowest BCUT2D eigenvalue weighted by Gasteiger charge is -2.23. The molecule has 4 nitrogen and oxygen atoms in total. The quantitative estimate of drug-likeness (QED) is 0.789. The maximum atomic E-state index is 11.8. The summed E-state index contributed by atoms with van der Waals surface area (Å²) in [6, 6.07) is 7.87. The molecule has 0 saturated heterocycles. The number of hydrogen-bond donors (Lipinski definition) is 2. The van der Waals surface area contributed by atoms with Gasteiger partial charge in [0.15, 0.2) is 0 Å². The van der Waals surface area contributed by atoms with E-state index in [0.29, 0.717) is 13.2 Å². The molecule has 22 heavy (non-hydrogen) atoms. The lowest BCUT2D eigenvalue weighted by molar-refractivity contribution is -0.125. The fraction of sp³-hybridized carbons (Fsp3) is 0.588. The van der Waals surface area contributed by atoms with E-state index in [9.17, 15) is 4.79 Å². The van der Waals surface area contributed by atoms with Crippen molar-refractivity contribution < 1.29 is 9.53 Å². The third-order valence-electron chi connectivity index (χ3n) is 3.56. The molecule has 0 bridgehead atoms. The highest BCUT2D eigenvalue weighted by Crippen LogP contribution is 2.30. The molecule has 0 aromatic heterocycles. The molecule has 0 aliphatic carbocycles. The van der Waals surface area contributed by atoms with Crippen LogP contribution in [0.2, 0.25) is 0 Å². The Labute approximate surface area is 140 Å². The van der Waals surface area contributed by atoms with Gasteiger partial charge >= 0.3 is 0 Å². The van der Waals surface area contributed by atoms with Crippen LogP contribution in [0.15, 0.2) is 24.3 Å². The highest BCUT2D eigenvalue weighted by Gasteiger charge is 2.19. The van der Waals surface area contributed by atoms with Gasteiger partial charge in [0.2, 0.25) is 5.91 Å². The number of ether oxygens (including phenoxy) is 1. The molecule has 0 saturated carbocycles. The number of amides is 1. The molecule has 1 rings (SSSR count). The van der Waals surface area contributed by atoms with E-state index >= 15 is 0 Å². The number of nitrogens with two attached hydrogens (primary N) is 1. The zero-order valence-electron chi connectivity index (χ0n) is 14.2. The van der Waals surface area contributed by atoms with E-state index in [1.165, 1.54) is 5.56 Å². The van der Waals surface area contributed by atoms with E-state index in [1.54, 1.807) is 0 Å². The topological polar surface area (TPSA) is 64.4 Å². The number of carbonyl (C=O) groups excluding carboxylic acids is 1. The van der Waals surface area contributed by atoms with Gasteiger partial charge in [-0.2, -0.15) is 0 Å². The van der Waals surface area contributed by atoms with Gasteiger partial charge in [-0.25, -0.2) is 0 Å². The van der Waals surface area contributed by atoms with E-state index in [-0.39, 0.29) is 35.7 Å². The molecule has 1 aromatic rings. The number of benzene rings is 1. The van der Waals surface area contributed by atoms with E-state index in [1.807, 2.05) is 32.0 Å². The second-order valence-electron chi connectivity index (χ2n) is 6.53. The fourth-order valence-corrected chi connectivity index (χ4v) is 1.95. The van der Waals surface area contributed by atoms with Crippen molar-refractivity contribution in [2.45, 2.75) is 46.1 Å². The molecule has 0 fully saturated rings. The highest BCUT2D eigenvalue weighted by atomic mass is 35.5. The van der Waals surface area contributed by atoms with Gasteiger partial charge in [0.05, 0.1) is 6.54 Å². The third-order valence-corrected chi connectivity index (χ3v) is 3.56. The number of rotatable bonds is 6. The first-order chi connectivity index (χ1) is 9.73. The van der Waals surface area contributed by atoms with Crippen LogP contribution >= 0.6 is 12.4 Å². The number of para-hydroxylation sites is 1. The van der Waals surface area contributed by atoms with Crippen LogP contribution in [0.25, 0.3) is 0 Å². The summed E-state index contributed by atoms with van der Waals surface area (Å²) >= 11 is 0. The molecule has 1 aromatic carbocycles. The van der Waals surface area contributed by atoms with Crippen LogP contribution in [0.5, 0.6) is 5.75 Å². The molecule has 5 heteroatoms. The molecular weight excluding hydrogens is 300 g/mol. The zero-order valence-corrected chi connectivity index (χ0v) is 15.0. The van der Waals surface area contributed by atoms with Crippen molar-refractivity contribution in [2.24, 2.45) is 11.7 Å². The number of nitrogens with one attached hydrogen (secondary N) is 1. The number of hydrogen-bond acceptors (Lipinski definition) is 3. The molecular formula is C17H29ClN2O2. The van der Waals surface area contributed by atoms with Gasteiger partial charge in [0.1, 0.15) is 12.4 Å². The Bertz CT molecular complexity index is 470. The molecule has 0 radical (unpaired) electrons. The molecule has 2 unspecified atom stereocenters. The average Bonchev–Trinajstić information content (AvgIpc) is 2.41. The lowest BCUT2D eigenvalue weighted by Crippen LogP contribution is -2.40. The summed E-state index contributed by atoms with van der Waals surface area (Å²) in [6.07, 6.45) is 0. The van der Waals surface area contributed by atoms with Crippen LogP contribution in [0.4, 0.5) is 0 Å². The van der Waals surface area contributed by atoms with E-state index in [2.05, 4.69) is 32.2 Å². The second-order valence-corrected chi connectivity index (χ2v) is 6.53. The van der Waals surface area contributed by atoms with Gasteiger partial charge in [-0.3, -0.25) is 4.79 Å². The highest BCUT2D eigenvalue weighted by molar-refractivity contribution is 5.85. The molecule has 1 amide bonds. The second kappa shape index (κ2) is 9.01. The maximum absolute atomic E-state index is 11.8. The fourth-order valence-electron chi connectivity index (χ4n) is 1.95. The van der Waals surface area contributed by atoms with Gasteiger partial charge in [-0.1, -0.05) is 45.9 Å². The van der Waals surface area contributed by atoms with Crippen LogP contribution < -0.4 is 15.8 Å². The molecule has 126 valence electrons. The van der Waals surface area contributed by atoms with Gasteiger partial charge < -0.3 is 15.8 Å². The largest absolute Gasteiger partial charge is 0.491 e. The molecule has 3 N–H and O–H groups in total. The lowest BCUT2D eigenvalue weighted by atomic mass is 9.86. The summed E-state index contributed by atoms with van der Waals surface area (Å²) < 4.78 is 5.81. The minimum absolute atomic E-state index is 0. The Balaban J connectivity index is 0.00000441. The number of carbonyl (C=O) groups is 1. The summed E-state index contributed by atoms with van der Waals surface area (Å²) in [5.41, 5.74) is 6.91. The van der Waals surface area contributed by atoms with Crippen LogP contribution in [0.1, 0.15) is 40.2 Å². The standard InChI is InChI=1S/C17H28N2O2.ClH/c1-12(13(2)18)16(20)19-10-11-21-15-9-7-6-8-14(15)17(3,4)5;/h6-9,12-13H,10-11,18H2,1-5H3,(H,19,20);1H. The van der Waals surface area contributed by atoms with Crippen LogP contribution in [0.3, 0.4) is 0 Å². The summed E-state index contributed by atoms with van der Waals surface area (Å²) in [5, 5.41) is 2.85. The van der Waals surface area contributed by atoms with Crippen molar-refractivity contribution in [1.29, 1.82) is 0 Å². The summed E-state index contributed by atoms with van der Waals surface area (Å²) in [4.78, 5) is 11.8. The van der Waals surface area contributed by atoms with Crippen LogP contribution in [-0.4, -0.2) is 25.1 Å². The molecule has 0 heterocycles. The predicted octanol–water partition coefficient (Wildman–Crippen LogP) is 2.88. The summed E-state index contributed by atoms with van der Waals surface area (Å²) in [7, 11) is 0. The summed E-state index contributed by atoms with van der Waals surface area (Å²) in [6.45, 7) is 11.1. The number of halogens is 1. The van der Waals surface area contributed by atoms with Gasteiger partial charge in [0.25, 0.3) is 0 Å². The first-order valence-electron chi connectivity index (χ1n) is 7.49. The van der Waals surface area contributed by atoms with E-state index < -0.39 is 0 Å². The normalized spacial score (nSPS) is 13.7. The van der Waals surface area contributed by atoms with Crippen LogP contribution in [-0.2, 0) is 10.2 Å². The maximum Gasteiger partial charge on any atom is 0.224 e. The Morgan fingerprint density at radius 2 is 1.86 bits per heavy atom. The smallest absolute Gasteiger partial charge is 0.224 e. The van der Waals surface area contributed by atoms with Crippen LogP contribution in [0, 0.1) is 5.92 Å². The minimum atomic E-state index is -0.188. The van der Waals surface area contributed by atoms with Crippen molar-refractivity contribution in [3.8, 4) is 5.75 Å². The third kappa shape index (κ3) is 6.24. The molecule has 0 aliphatic rings. The van der Waals surface area contributed by atoms with E-state index in [0.717, 1.165) is 5.75 Å². The van der Waals surface area contributed by atoms with Crippen molar-refractivity contribution >= 4 is 18.3 Å². The average molecular weight is 329 g/mol. The first kappa shape index (κ1) is 20.7. The SMILES string of the molecule is CC(N)C(C)C(=O)NCCOc1ccccc1C(C)(C)C.Cl. The zero-order chi connectivity index (χ0) is 16.0. The van der Waals surface area contributed by atoms with E-state index in [4.69, 9.17) is 10.5 Å². The van der Waals surface area contributed by atoms with Gasteiger partial charge in [-0.05, 0) is 24.0 Å². The molecule has 0 aliphatic heterocycles. The molecule has 0 spiro atoms. The Morgan fingerprint density at radius 3 is 2.41 bits per heavy atom. The van der Waals surface area contributed by atoms with Gasteiger partial charge in [-0.15, -0.1) is 12.4 Å². The minimum Gasteiger partial charge on any atom is -0.491 e. The first-order valence-corrected chi connectivity index (χ1v) is 7.49. The monoisotopic (exact) mass is 328 g/mol. The van der Waals surface area contributed by atoms with Crippen molar-refractivity contribution in [2.75, 3.05) is 13.2 Å². The Morgan fingerprint density at radius 1 is 1.27 bits per heavy atom. The van der Waals surface area contributed by atoms with Crippen molar-refractivity contribution in [3.63, 3.8) is 0 Å². The van der Waals surface area contributed by atoms with Crippen molar-refractivity contribution in [3.05, 3.63) is 29.8 Å². The Hall–Kier alpha value is -1.26. The predicted molar refractivity (Wildman–Crippen MR) is 93.7 cm³/mol. The summed E-state index contributed by atoms with van der Waals surface area (Å²) in [5.74, 6) is 0.657. The van der Waals surface area contributed by atoms with Crippen molar-refractivity contribution in [1.82, 2.24) is 5.32 Å².